The Morgan fingerprint density at radius 2 is 2.12 bits per heavy atom. The Morgan fingerprint density at radius 3 is 2.80 bits per heavy atom. The molecule has 1 atom stereocenters. The summed E-state index contributed by atoms with van der Waals surface area (Å²) in [7, 11) is 0. The number of hydrogen-bond acceptors (Lipinski definition) is 6. The predicted octanol–water partition coefficient (Wildman–Crippen LogP) is 0.860. The Labute approximate surface area is 145 Å². The molecular weight excluding hydrogens is 328 g/mol. The lowest BCUT2D eigenvalue weighted by Crippen LogP contribution is -2.46. The Bertz CT molecular complexity index is 623. The third-order valence-electron chi connectivity index (χ3n) is 4.66. The quantitative estimate of drug-likeness (QED) is 0.783. The zero-order valence-corrected chi connectivity index (χ0v) is 13.9. The molecule has 0 aromatic carbocycles. The van der Waals surface area contributed by atoms with Crippen LogP contribution in [0.15, 0.2) is 18.3 Å². The molecule has 2 aliphatic heterocycles. The monoisotopic (exact) mass is 350 g/mol. The first-order chi connectivity index (χ1) is 12.1. The number of pyridine rings is 1. The topological polar surface area (TPSA) is 107 Å². The highest BCUT2D eigenvalue weighted by atomic mass is 16.5. The van der Waals surface area contributed by atoms with Crippen molar-refractivity contribution in [1.29, 1.82) is 0 Å². The molecule has 2 fully saturated rings. The lowest BCUT2D eigenvalue weighted by Gasteiger charge is -2.33. The van der Waals surface area contributed by atoms with Crippen LogP contribution in [-0.2, 0) is 14.3 Å². The van der Waals surface area contributed by atoms with E-state index < -0.39 is 11.4 Å². The van der Waals surface area contributed by atoms with Gasteiger partial charge in [0.15, 0.2) is 0 Å². The average Bonchev–Trinajstić information content (AvgIpc) is 3.13. The molecule has 8 heteroatoms. The van der Waals surface area contributed by atoms with Gasteiger partial charge in [0, 0.05) is 44.0 Å². The minimum absolute atomic E-state index is 0.0525. The first-order valence-corrected chi connectivity index (χ1v) is 8.39. The van der Waals surface area contributed by atoms with Crippen molar-refractivity contribution in [3.05, 3.63) is 23.9 Å². The van der Waals surface area contributed by atoms with Crippen LogP contribution in [0.5, 0.6) is 5.88 Å². The Hall–Kier alpha value is -2.19. The molecular formula is C17H22N2O6. The van der Waals surface area contributed by atoms with E-state index in [1.807, 2.05) is 0 Å². The third-order valence-corrected chi connectivity index (χ3v) is 4.66. The SMILES string of the molecule is O=C(NCC1(C(=O)O)CCOCC1)c1ccnc(OC2CCOC2)c1. The van der Waals surface area contributed by atoms with E-state index in [0.717, 1.165) is 6.42 Å². The summed E-state index contributed by atoms with van der Waals surface area (Å²) in [4.78, 5) is 28.1. The minimum atomic E-state index is -0.971. The van der Waals surface area contributed by atoms with Gasteiger partial charge in [0.1, 0.15) is 6.10 Å². The fourth-order valence-electron chi connectivity index (χ4n) is 2.97. The predicted molar refractivity (Wildman–Crippen MR) is 86.5 cm³/mol. The molecule has 8 nitrogen and oxygen atoms in total. The van der Waals surface area contributed by atoms with Gasteiger partial charge in [0.2, 0.25) is 5.88 Å². The summed E-state index contributed by atoms with van der Waals surface area (Å²) in [6.45, 7) is 2.02. The first-order valence-electron chi connectivity index (χ1n) is 8.39. The van der Waals surface area contributed by atoms with Crippen molar-refractivity contribution in [3.8, 4) is 5.88 Å². The Kier molecular flexibility index (Phi) is 5.50. The molecule has 2 aliphatic rings. The van der Waals surface area contributed by atoms with Crippen LogP contribution in [0.3, 0.4) is 0 Å². The van der Waals surface area contributed by atoms with Gasteiger partial charge in [0.25, 0.3) is 5.91 Å². The van der Waals surface area contributed by atoms with Crippen LogP contribution in [0.1, 0.15) is 29.6 Å². The maximum atomic E-state index is 12.4. The molecule has 3 heterocycles. The summed E-state index contributed by atoms with van der Waals surface area (Å²) >= 11 is 0. The number of hydrogen-bond donors (Lipinski definition) is 2. The van der Waals surface area contributed by atoms with Gasteiger partial charge in [-0.2, -0.15) is 0 Å². The normalized spacial score (nSPS) is 22.3. The van der Waals surface area contributed by atoms with E-state index >= 15 is 0 Å². The lowest BCUT2D eigenvalue weighted by molar-refractivity contribution is -0.154. The number of ether oxygens (including phenoxy) is 3. The zero-order valence-electron chi connectivity index (χ0n) is 13.9. The molecule has 25 heavy (non-hydrogen) atoms. The Morgan fingerprint density at radius 1 is 1.32 bits per heavy atom. The molecule has 3 rings (SSSR count). The molecule has 0 radical (unpaired) electrons. The van der Waals surface area contributed by atoms with Crippen molar-refractivity contribution in [2.45, 2.75) is 25.4 Å². The number of amides is 1. The van der Waals surface area contributed by atoms with Crippen LogP contribution < -0.4 is 10.1 Å². The molecule has 1 unspecified atom stereocenters. The van der Waals surface area contributed by atoms with Gasteiger partial charge in [-0.05, 0) is 18.9 Å². The van der Waals surface area contributed by atoms with Gasteiger partial charge in [-0.3, -0.25) is 9.59 Å². The smallest absolute Gasteiger partial charge is 0.311 e. The first kappa shape index (κ1) is 17.6. The van der Waals surface area contributed by atoms with Gasteiger partial charge in [-0.1, -0.05) is 0 Å². The molecule has 1 aromatic heterocycles. The fourth-order valence-corrected chi connectivity index (χ4v) is 2.97. The van der Waals surface area contributed by atoms with Crippen LogP contribution >= 0.6 is 0 Å². The summed E-state index contributed by atoms with van der Waals surface area (Å²) in [5.74, 6) is -0.889. The average molecular weight is 350 g/mol. The van der Waals surface area contributed by atoms with Crippen molar-refractivity contribution in [3.63, 3.8) is 0 Å². The standard InChI is InChI=1S/C17H22N2O6/c20-15(19-11-17(16(21)22)3-7-23-8-4-17)12-1-5-18-14(9-12)25-13-2-6-24-10-13/h1,5,9,13H,2-4,6-8,10-11H2,(H,19,20)(H,21,22). The number of rotatable bonds is 6. The molecule has 1 amide bonds. The maximum absolute atomic E-state index is 12.4. The fraction of sp³-hybridized carbons (Fsp3) is 0.588. The molecule has 0 aliphatic carbocycles. The molecule has 1 aromatic rings. The summed E-state index contributed by atoms with van der Waals surface area (Å²) in [5, 5.41) is 12.3. The van der Waals surface area contributed by atoms with Gasteiger partial charge in [-0.25, -0.2) is 4.98 Å². The maximum Gasteiger partial charge on any atom is 0.311 e. The van der Waals surface area contributed by atoms with E-state index in [2.05, 4.69) is 10.3 Å². The van der Waals surface area contributed by atoms with Crippen molar-refractivity contribution in [1.82, 2.24) is 10.3 Å². The number of carboxylic acid groups (broad SMARTS) is 1. The second-order valence-corrected chi connectivity index (χ2v) is 6.37. The number of aromatic nitrogens is 1. The van der Waals surface area contributed by atoms with Crippen LogP contribution in [0, 0.1) is 5.41 Å². The van der Waals surface area contributed by atoms with Crippen LogP contribution in [0.25, 0.3) is 0 Å². The third kappa shape index (κ3) is 4.26. The van der Waals surface area contributed by atoms with Crippen molar-refractivity contribution < 1.29 is 28.9 Å². The lowest BCUT2D eigenvalue weighted by atomic mass is 9.80. The summed E-state index contributed by atoms with van der Waals surface area (Å²) < 4.78 is 16.2. The van der Waals surface area contributed by atoms with E-state index in [1.165, 1.54) is 6.20 Å². The highest BCUT2D eigenvalue weighted by Gasteiger charge is 2.40. The van der Waals surface area contributed by atoms with E-state index in [-0.39, 0.29) is 18.6 Å². The van der Waals surface area contributed by atoms with Crippen LogP contribution in [-0.4, -0.2) is 61.0 Å². The van der Waals surface area contributed by atoms with Gasteiger partial charge < -0.3 is 24.6 Å². The molecule has 2 N–H and O–H groups in total. The van der Waals surface area contributed by atoms with Crippen LogP contribution in [0.4, 0.5) is 0 Å². The molecule has 2 saturated heterocycles. The second kappa shape index (κ2) is 7.79. The van der Waals surface area contributed by atoms with Crippen LogP contribution in [0.2, 0.25) is 0 Å². The summed E-state index contributed by atoms with van der Waals surface area (Å²) in [6.07, 6.45) is 3.01. The zero-order chi connectivity index (χ0) is 17.7. The number of nitrogens with zero attached hydrogens (tertiary/aromatic N) is 1. The van der Waals surface area contributed by atoms with Crippen molar-refractivity contribution in [2.75, 3.05) is 33.0 Å². The van der Waals surface area contributed by atoms with E-state index in [9.17, 15) is 14.7 Å². The van der Waals surface area contributed by atoms with Crippen molar-refractivity contribution >= 4 is 11.9 Å². The Balaban J connectivity index is 1.61. The highest BCUT2D eigenvalue weighted by molar-refractivity contribution is 5.94. The molecule has 0 spiro atoms. The highest BCUT2D eigenvalue weighted by Crippen LogP contribution is 2.30. The number of carboxylic acids is 1. The van der Waals surface area contributed by atoms with Gasteiger partial charge >= 0.3 is 5.97 Å². The van der Waals surface area contributed by atoms with E-state index in [0.29, 0.717) is 50.7 Å². The van der Waals surface area contributed by atoms with Gasteiger partial charge in [0.05, 0.1) is 18.6 Å². The number of carbonyl (C=O) groups is 2. The van der Waals surface area contributed by atoms with Crippen molar-refractivity contribution in [2.24, 2.45) is 5.41 Å². The molecule has 0 bridgehead atoms. The number of carbonyl (C=O) groups excluding carboxylic acids is 1. The number of nitrogens with one attached hydrogen (secondary N) is 1. The molecule has 136 valence electrons. The molecule has 0 saturated carbocycles. The second-order valence-electron chi connectivity index (χ2n) is 6.37. The minimum Gasteiger partial charge on any atom is -0.481 e. The number of aliphatic carboxylic acids is 1. The van der Waals surface area contributed by atoms with E-state index in [1.54, 1.807) is 12.1 Å². The van der Waals surface area contributed by atoms with Gasteiger partial charge in [-0.15, -0.1) is 0 Å². The largest absolute Gasteiger partial charge is 0.481 e. The van der Waals surface area contributed by atoms with E-state index in [4.69, 9.17) is 14.2 Å². The summed E-state index contributed by atoms with van der Waals surface area (Å²) in [5.41, 5.74) is -0.585. The summed E-state index contributed by atoms with van der Waals surface area (Å²) in [6, 6.07) is 3.13.